The Morgan fingerprint density at radius 3 is 2.59 bits per heavy atom. The van der Waals surface area contributed by atoms with Crippen LogP contribution in [-0.4, -0.2) is 51.6 Å². The second-order valence-electron chi connectivity index (χ2n) is 7.88. The highest BCUT2D eigenvalue weighted by molar-refractivity contribution is 7.91. The number of halogens is 1. The molecule has 5 nitrogen and oxygen atoms in total. The van der Waals surface area contributed by atoms with Crippen LogP contribution in [0.1, 0.15) is 18.4 Å². The molecule has 2 aromatic carbocycles. The fourth-order valence-electron chi connectivity index (χ4n) is 3.91. The number of hydrogen-bond donors (Lipinski definition) is 0. The van der Waals surface area contributed by atoms with E-state index in [1.54, 1.807) is 13.2 Å². The number of likely N-dealkylation sites (tertiary alicyclic amines) is 1. The lowest BCUT2D eigenvalue weighted by Crippen LogP contribution is -2.36. The van der Waals surface area contributed by atoms with E-state index in [0.29, 0.717) is 24.3 Å². The summed E-state index contributed by atoms with van der Waals surface area (Å²) in [5.41, 5.74) is 2.59. The fourth-order valence-corrected chi connectivity index (χ4v) is 5.75. The molecule has 2 aliphatic heterocycles. The zero-order chi connectivity index (χ0) is 20.4. The first kappa shape index (κ1) is 20.2. The minimum Gasteiger partial charge on any atom is -0.496 e. The Labute approximate surface area is 171 Å². The third-order valence-electron chi connectivity index (χ3n) is 5.68. The Kier molecular flexibility index (Phi) is 5.79. The summed E-state index contributed by atoms with van der Waals surface area (Å²) in [7, 11) is -1.34. The van der Waals surface area contributed by atoms with E-state index in [4.69, 9.17) is 9.47 Å². The van der Waals surface area contributed by atoms with Gasteiger partial charge in [0.05, 0.1) is 25.2 Å². The van der Waals surface area contributed by atoms with Crippen molar-refractivity contribution in [3.05, 3.63) is 47.8 Å². The molecule has 156 valence electrons. The van der Waals surface area contributed by atoms with Crippen molar-refractivity contribution in [2.75, 3.05) is 38.3 Å². The van der Waals surface area contributed by atoms with Crippen LogP contribution in [-0.2, 0) is 16.4 Å². The lowest BCUT2D eigenvalue weighted by Gasteiger charge is -2.31. The molecule has 29 heavy (non-hydrogen) atoms. The standard InChI is InChI=1S/C22H26FNO4S/c1-27-22-6-4-19(23)12-20(22)17-3-5-21(18(11-17)13-24-8-2-9-24)28-14-16-7-10-29(25,26)15-16/h3-6,11-12,16H,2,7-10,13-15H2,1H3. The Balaban J connectivity index is 1.59. The maximum atomic E-state index is 13.8. The SMILES string of the molecule is COc1ccc(F)cc1-c1ccc(OCC2CCS(=O)(=O)C2)c(CN2CCC2)c1. The molecule has 2 heterocycles. The lowest BCUT2D eigenvalue weighted by atomic mass is 10.00. The second-order valence-corrected chi connectivity index (χ2v) is 10.1. The molecule has 2 aliphatic rings. The van der Waals surface area contributed by atoms with Crippen molar-refractivity contribution in [2.24, 2.45) is 5.92 Å². The monoisotopic (exact) mass is 419 g/mol. The fraction of sp³-hybridized carbons (Fsp3) is 0.455. The van der Waals surface area contributed by atoms with Crippen molar-refractivity contribution in [2.45, 2.75) is 19.4 Å². The number of nitrogens with zero attached hydrogens (tertiary/aromatic N) is 1. The van der Waals surface area contributed by atoms with Gasteiger partial charge in [0.25, 0.3) is 0 Å². The third kappa shape index (κ3) is 4.73. The van der Waals surface area contributed by atoms with Gasteiger partial charge in [-0.2, -0.15) is 0 Å². The van der Waals surface area contributed by atoms with E-state index >= 15 is 0 Å². The molecule has 0 saturated carbocycles. The Morgan fingerprint density at radius 2 is 1.93 bits per heavy atom. The van der Waals surface area contributed by atoms with Gasteiger partial charge in [0.1, 0.15) is 17.3 Å². The number of ether oxygens (including phenoxy) is 2. The van der Waals surface area contributed by atoms with E-state index in [1.165, 1.54) is 18.6 Å². The van der Waals surface area contributed by atoms with E-state index in [2.05, 4.69) is 4.90 Å². The first-order valence-corrected chi connectivity index (χ1v) is 11.8. The number of sulfone groups is 1. The average molecular weight is 420 g/mol. The van der Waals surface area contributed by atoms with Gasteiger partial charge in [-0.1, -0.05) is 6.07 Å². The summed E-state index contributed by atoms with van der Waals surface area (Å²) < 4.78 is 48.7. The van der Waals surface area contributed by atoms with E-state index in [0.717, 1.165) is 36.5 Å². The summed E-state index contributed by atoms with van der Waals surface area (Å²) in [6.07, 6.45) is 1.84. The molecule has 0 bridgehead atoms. The molecule has 2 fully saturated rings. The molecular formula is C22H26FNO4S. The topological polar surface area (TPSA) is 55.8 Å². The molecule has 2 aromatic rings. The van der Waals surface area contributed by atoms with E-state index in [1.807, 2.05) is 18.2 Å². The van der Waals surface area contributed by atoms with Gasteiger partial charge in [-0.25, -0.2) is 12.8 Å². The van der Waals surface area contributed by atoms with Gasteiger partial charge in [-0.3, -0.25) is 4.90 Å². The zero-order valence-corrected chi connectivity index (χ0v) is 17.4. The summed E-state index contributed by atoms with van der Waals surface area (Å²) in [5.74, 6) is 1.56. The van der Waals surface area contributed by atoms with Gasteiger partial charge in [0, 0.05) is 23.6 Å². The summed E-state index contributed by atoms with van der Waals surface area (Å²) in [5, 5.41) is 0. The molecule has 0 N–H and O–H groups in total. The van der Waals surface area contributed by atoms with Crippen molar-refractivity contribution < 1.29 is 22.3 Å². The van der Waals surface area contributed by atoms with Gasteiger partial charge < -0.3 is 9.47 Å². The molecule has 0 aliphatic carbocycles. The van der Waals surface area contributed by atoms with Crippen molar-refractivity contribution in [1.29, 1.82) is 0 Å². The molecule has 7 heteroatoms. The van der Waals surface area contributed by atoms with Gasteiger partial charge in [0.2, 0.25) is 0 Å². The van der Waals surface area contributed by atoms with Crippen LogP contribution >= 0.6 is 0 Å². The number of methoxy groups -OCH3 is 1. The Bertz CT molecular complexity index is 988. The largest absolute Gasteiger partial charge is 0.496 e. The molecule has 1 atom stereocenters. The van der Waals surface area contributed by atoms with Crippen LogP contribution in [0.3, 0.4) is 0 Å². The summed E-state index contributed by atoms with van der Waals surface area (Å²) in [6.45, 7) is 3.25. The summed E-state index contributed by atoms with van der Waals surface area (Å²) in [6, 6.07) is 10.3. The van der Waals surface area contributed by atoms with Crippen LogP contribution in [0.4, 0.5) is 4.39 Å². The van der Waals surface area contributed by atoms with Crippen LogP contribution in [0.2, 0.25) is 0 Å². The van der Waals surface area contributed by atoms with Crippen LogP contribution in [0.25, 0.3) is 11.1 Å². The van der Waals surface area contributed by atoms with E-state index < -0.39 is 9.84 Å². The van der Waals surface area contributed by atoms with E-state index in [9.17, 15) is 12.8 Å². The average Bonchev–Trinajstić information content (AvgIpc) is 3.02. The molecule has 0 radical (unpaired) electrons. The molecule has 0 aromatic heterocycles. The molecule has 1 unspecified atom stereocenters. The predicted molar refractivity (Wildman–Crippen MR) is 111 cm³/mol. The normalized spacial score (nSPS) is 21.0. The quantitative estimate of drug-likeness (QED) is 0.687. The highest BCUT2D eigenvalue weighted by atomic mass is 32.2. The second kappa shape index (κ2) is 8.32. The minimum absolute atomic E-state index is 0.0415. The van der Waals surface area contributed by atoms with Gasteiger partial charge in [-0.15, -0.1) is 0 Å². The number of benzene rings is 2. The number of rotatable bonds is 7. The van der Waals surface area contributed by atoms with Crippen LogP contribution in [0, 0.1) is 11.7 Å². The first-order valence-electron chi connectivity index (χ1n) is 9.96. The Hall–Kier alpha value is -2.12. The first-order chi connectivity index (χ1) is 13.9. The molecule has 4 rings (SSSR count). The zero-order valence-electron chi connectivity index (χ0n) is 16.6. The molecular weight excluding hydrogens is 393 g/mol. The van der Waals surface area contributed by atoms with Crippen molar-refractivity contribution >= 4 is 9.84 Å². The number of hydrogen-bond acceptors (Lipinski definition) is 5. The van der Waals surface area contributed by atoms with Crippen molar-refractivity contribution in [1.82, 2.24) is 4.90 Å². The maximum absolute atomic E-state index is 13.8. The third-order valence-corrected chi connectivity index (χ3v) is 7.51. The molecule has 2 saturated heterocycles. The van der Waals surface area contributed by atoms with Crippen LogP contribution in [0.15, 0.2) is 36.4 Å². The van der Waals surface area contributed by atoms with Crippen molar-refractivity contribution in [3.8, 4) is 22.6 Å². The summed E-state index contributed by atoms with van der Waals surface area (Å²) in [4.78, 5) is 2.33. The van der Waals surface area contributed by atoms with Gasteiger partial charge in [0.15, 0.2) is 9.84 Å². The Morgan fingerprint density at radius 1 is 1.14 bits per heavy atom. The molecule has 0 amide bonds. The minimum atomic E-state index is -2.92. The smallest absolute Gasteiger partial charge is 0.150 e. The van der Waals surface area contributed by atoms with Gasteiger partial charge in [-0.05, 0) is 61.8 Å². The van der Waals surface area contributed by atoms with Crippen LogP contribution in [0.5, 0.6) is 11.5 Å². The maximum Gasteiger partial charge on any atom is 0.150 e. The van der Waals surface area contributed by atoms with Gasteiger partial charge >= 0.3 is 0 Å². The summed E-state index contributed by atoms with van der Waals surface area (Å²) >= 11 is 0. The molecule has 0 spiro atoms. The lowest BCUT2D eigenvalue weighted by molar-refractivity contribution is 0.168. The van der Waals surface area contributed by atoms with Crippen molar-refractivity contribution in [3.63, 3.8) is 0 Å². The van der Waals surface area contributed by atoms with Crippen LogP contribution < -0.4 is 9.47 Å². The highest BCUT2D eigenvalue weighted by Crippen LogP contribution is 2.35. The predicted octanol–water partition coefficient (Wildman–Crippen LogP) is 3.52. The highest BCUT2D eigenvalue weighted by Gasteiger charge is 2.28. The van der Waals surface area contributed by atoms with E-state index in [-0.39, 0.29) is 23.2 Å².